The second kappa shape index (κ2) is 5.69. The Bertz CT molecular complexity index is 317. The monoisotopic (exact) mass is 268 g/mol. The van der Waals surface area contributed by atoms with Gasteiger partial charge in [-0.05, 0) is 37.3 Å². The largest absolute Gasteiger partial charge is 0.0884 e. The summed E-state index contributed by atoms with van der Waals surface area (Å²) >= 11 is 3.80. The molecule has 2 atom stereocenters. The van der Waals surface area contributed by atoms with Crippen LogP contribution in [0.3, 0.4) is 0 Å². The van der Waals surface area contributed by atoms with E-state index in [-0.39, 0.29) is 0 Å². The first-order valence-corrected chi connectivity index (χ1v) is 6.66. The molecule has 84 valence electrons. The number of halogens is 1. The number of rotatable bonds is 4. The first kappa shape index (κ1) is 12.8. The van der Waals surface area contributed by atoms with Gasteiger partial charge in [0.05, 0.1) is 0 Å². The minimum absolute atomic E-state index is 0.600. The van der Waals surface area contributed by atoms with Gasteiger partial charge in [0, 0.05) is 4.83 Å². The normalized spacial score (nSPS) is 15.0. The standard InChI is InChI=1S/C14H21Br/c1-5-11(3)14(15)9-13-8-10(2)6-7-12(13)4/h6-8,11,14H,5,9H2,1-4H3. The molecule has 0 saturated heterocycles. The number of alkyl halides is 1. The van der Waals surface area contributed by atoms with E-state index < -0.39 is 0 Å². The summed E-state index contributed by atoms with van der Waals surface area (Å²) in [5.41, 5.74) is 4.25. The molecule has 0 aliphatic rings. The molecule has 0 aliphatic carbocycles. The average molecular weight is 269 g/mol. The summed E-state index contributed by atoms with van der Waals surface area (Å²) in [6.45, 7) is 8.92. The molecular weight excluding hydrogens is 248 g/mol. The smallest absolute Gasteiger partial charge is 0.0211 e. The summed E-state index contributed by atoms with van der Waals surface area (Å²) in [5, 5.41) is 0. The van der Waals surface area contributed by atoms with Crippen LogP contribution < -0.4 is 0 Å². The molecule has 0 fully saturated rings. The van der Waals surface area contributed by atoms with Crippen molar-refractivity contribution in [3.05, 3.63) is 34.9 Å². The number of aryl methyl sites for hydroxylation is 2. The summed E-state index contributed by atoms with van der Waals surface area (Å²) in [7, 11) is 0. The summed E-state index contributed by atoms with van der Waals surface area (Å²) in [5.74, 6) is 0.741. The van der Waals surface area contributed by atoms with Crippen LogP contribution in [-0.2, 0) is 6.42 Å². The van der Waals surface area contributed by atoms with Crippen molar-refractivity contribution in [2.75, 3.05) is 0 Å². The second-order valence-corrected chi connectivity index (χ2v) is 5.71. The molecule has 2 unspecified atom stereocenters. The molecule has 1 heteroatoms. The van der Waals surface area contributed by atoms with E-state index in [2.05, 4.69) is 61.8 Å². The van der Waals surface area contributed by atoms with Crippen molar-refractivity contribution in [3.8, 4) is 0 Å². The Morgan fingerprint density at radius 3 is 2.53 bits per heavy atom. The van der Waals surface area contributed by atoms with E-state index in [0.717, 1.165) is 12.3 Å². The maximum atomic E-state index is 3.80. The lowest BCUT2D eigenvalue weighted by atomic mass is 9.95. The molecule has 0 nitrogen and oxygen atoms in total. The quantitative estimate of drug-likeness (QED) is 0.697. The Labute approximate surface area is 102 Å². The van der Waals surface area contributed by atoms with Crippen molar-refractivity contribution < 1.29 is 0 Å². The molecule has 0 radical (unpaired) electrons. The molecule has 0 bridgehead atoms. The zero-order chi connectivity index (χ0) is 11.4. The van der Waals surface area contributed by atoms with Crippen molar-refractivity contribution >= 4 is 15.9 Å². The molecule has 0 amide bonds. The lowest BCUT2D eigenvalue weighted by molar-refractivity contribution is 0.537. The van der Waals surface area contributed by atoms with Crippen LogP contribution in [0.25, 0.3) is 0 Å². The van der Waals surface area contributed by atoms with Crippen LogP contribution >= 0.6 is 15.9 Å². The van der Waals surface area contributed by atoms with Gasteiger partial charge >= 0.3 is 0 Å². The highest BCUT2D eigenvalue weighted by atomic mass is 79.9. The molecule has 1 aromatic rings. The zero-order valence-corrected chi connectivity index (χ0v) is 11.8. The van der Waals surface area contributed by atoms with Crippen molar-refractivity contribution in [1.29, 1.82) is 0 Å². The Morgan fingerprint density at radius 1 is 1.27 bits per heavy atom. The number of benzene rings is 1. The Morgan fingerprint density at radius 2 is 1.93 bits per heavy atom. The van der Waals surface area contributed by atoms with Crippen LogP contribution in [0.15, 0.2) is 18.2 Å². The van der Waals surface area contributed by atoms with Gasteiger partial charge in [-0.2, -0.15) is 0 Å². The lowest BCUT2D eigenvalue weighted by Gasteiger charge is -2.18. The summed E-state index contributed by atoms with van der Waals surface area (Å²) < 4.78 is 0. The number of hydrogen-bond donors (Lipinski definition) is 0. The van der Waals surface area contributed by atoms with Crippen molar-refractivity contribution in [1.82, 2.24) is 0 Å². The molecule has 0 saturated carbocycles. The predicted molar refractivity (Wildman–Crippen MR) is 71.8 cm³/mol. The summed E-state index contributed by atoms with van der Waals surface area (Å²) in [6, 6.07) is 6.72. The van der Waals surface area contributed by atoms with Crippen LogP contribution in [-0.4, -0.2) is 4.83 Å². The summed E-state index contributed by atoms with van der Waals surface area (Å²) in [4.78, 5) is 0.600. The van der Waals surface area contributed by atoms with E-state index in [4.69, 9.17) is 0 Å². The zero-order valence-electron chi connectivity index (χ0n) is 10.2. The molecule has 0 N–H and O–H groups in total. The summed E-state index contributed by atoms with van der Waals surface area (Å²) in [6.07, 6.45) is 2.38. The van der Waals surface area contributed by atoms with Gasteiger partial charge in [0.2, 0.25) is 0 Å². The minimum atomic E-state index is 0.600. The molecule has 1 rings (SSSR count). The fourth-order valence-corrected chi connectivity index (χ4v) is 2.41. The van der Waals surface area contributed by atoms with E-state index in [9.17, 15) is 0 Å². The third-order valence-electron chi connectivity index (χ3n) is 3.18. The van der Waals surface area contributed by atoms with Crippen molar-refractivity contribution in [2.24, 2.45) is 5.92 Å². The molecular formula is C14H21Br. The maximum absolute atomic E-state index is 3.80. The fraction of sp³-hybridized carbons (Fsp3) is 0.571. The van der Waals surface area contributed by atoms with E-state index in [1.165, 1.54) is 23.1 Å². The van der Waals surface area contributed by atoms with Crippen molar-refractivity contribution in [2.45, 2.75) is 45.4 Å². The molecule has 0 heterocycles. The third-order valence-corrected chi connectivity index (χ3v) is 4.41. The van der Waals surface area contributed by atoms with E-state index in [0.29, 0.717) is 4.83 Å². The van der Waals surface area contributed by atoms with Gasteiger partial charge in [-0.25, -0.2) is 0 Å². The van der Waals surface area contributed by atoms with Crippen LogP contribution in [0.1, 0.15) is 37.0 Å². The minimum Gasteiger partial charge on any atom is -0.0884 e. The highest BCUT2D eigenvalue weighted by molar-refractivity contribution is 9.09. The van der Waals surface area contributed by atoms with E-state index in [1.807, 2.05) is 0 Å². The Kier molecular flexibility index (Phi) is 4.85. The molecule has 0 spiro atoms. The first-order valence-electron chi connectivity index (χ1n) is 5.74. The highest BCUT2D eigenvalue weighted by Gasteiger charge is 2.13. The van der Waals surface area contributed by atoms with E-state index in [1.54, 1.807) is 0 Å². The Balaban J connectivity index is 2.75. The highest BCUT2D eigenvalue weighted by Crippen LogP contribution is 2.22. The van der Waals surface area contributed by atoms with Gasteiger partial charge < -0.3 is 0 Å². The SMILES string of the molecule is CCC(C)C(Br)Cc1cc(C)ccc1C. The molecule has 1 aromatic carbocycles. The van der Waals surface area contributed by atoms with Gasteiger partial charge in [0.1, 0.15) is 0 Å². The topological polar surface area (TPSA) is 0 Å². The average Bonchev–Trinajstić information content (AvgIpc) is 2.22. The second-order valence-electron chi connectivity index (χ2n) is 4.54. The van der Waals surface area contributed by atoms with Crippen molar-refractivity contribution in [3.63, 3.8) is 0 Å². The van der Waals surface area contributed by atoms with Gasteiger partial charge in [0.15, 0.2) is 0 Å². The van der Waals surface area contributed by atoms with Crippen LogP contribution in [0.2, 0.25) is 0 Å². The third kappa shape index (κ3) is 3.64. The van der Waals surface area contributed by atoms with Crippen LogP contribution in [0.4, 0.5) is 0 Å². The predicted octanol–water partition coefficient (Wildman–Crippen LogP) is 4.66. The van der Waals surface area contributed by atoms with Gasteiger partial charge in [-0.15, -0.1) is 0 Å². The van der Waals surface area contributed by atoms with Crippen LogP contribution in [0.5, 0.6) is 0 Å². The Hall–Kier alpha value is -0.300. The van der Waals surface area contributed by atoms with Gasteiger partial charge in [-0.3, -0.25) is 0 Å². The van der Waals surface area contributed by atoms with E-state index >= 15 is 0 Å². The maximum Gasteiger partial charge on any atom is 0.0211 e. The number of hydrogen-bond acceptors (Lipinski definition) is 0. The first-order chi connectivity index (χ1) is 7.04. The fourth-order valence-electron chi connectivity index (χ4n) is 1.69. The molecule has 0 aliphatic heterocycles. The van der Waals surface area contributed by atoms with Crippen LogP contribution in [0, 0.1) is 19.8 Å². The lowest BCUT2D eigenvalue weighted by Crippen LogP contribution is -2.13. The molecule has 0 aromatic heterocycles. The van der Waals surface area contributed by atoms with Gasteiger partial charge in [0.25, 0.3) is 0 Å². The van der Waals surface area contributed by atoms with Gasteiger partial charge in [-0.1, -0.05) is 60.0 Å². The molecule has 15 heavy (non-hydrogen) atoms.